The van der Waals surface area contributed by atoms with Gasteiger partial charge in [-0.2, -0.15) is 0 Å². The minimum atomic E-state index is 0.105. The fourth-order valence-electron chi connectivity index (χ4n) is 4.76. The number of methoxy groups -OCH3 is 1. The Labute approximate surface area is 161 Å². The largest absolute Gasteiger partial charge is 0.495 e. The molecule has 0 aromatic heterocycles. The molecule has 0 bridgehead atoms. The van der Waals surface area contributed by atoms with Crippen molar-refractivity contribution in [2.24, 2.45) is 5.41 Å². The van der Waals surface area contributed by atoms with Crippen LogP contribution >= 0.6 is 0 Å². The maximum Gasteiger partial charge on any atom is 0.317 e. The minimum absolute atomic E-state index is 0.105. The average molecular weight is 373 g/mol. The monoisotopic (exact) mass is 373 g/mol. The second-order valence-corrected chi connectivity index (χ2v) is 8.21. The zero-order valence-electron chi connectivity index (χ0n) is 16.3. The van der Waals surface area contributed by atoms with E-state index < -0.39 is 0 Å². The summed E-state index contributed by atoms with van der Waals surface area (Å²) in [6, 6.07) is 8.50. The average Bonchev–Trinajstić information content (AvgIpc) is 3.12. The van der Waals surface area contributed by atoms with Crippen LogP contribution in [0.2, 0.25) is 0 Å². The highest BCUT2D eigenvalue weighted by molar-refractivity contribution is 5.75. The molecule has 1 spiro atoms. The topological polar surface area (TPSA) is 54.0 Å². The van der Waals surface area contributed by atoms with Gasteiger partial charge in [0.05, 0.1) is 19.4 Å². The van der Waals surface area contributed by atoms with Gasteiger partial charge in [-0.1, -0.05) is 12.1 Å². The maximum absolute atomic E-state index is 12.7. The number of carbonyl (C=O) groups is 1. The van der Waals surface area contributed by atoms with Crippen molar-refractivity contribution < 1.29 is 14.3 Å². The normalized spacial score (nSPS) is 26.4. The van der Waals surface area contributed by atoms with Gasteiger partial charge < -0.3 is 24.6 Å². The van der Waals surface area contributed by atoms with Crippen LogP contribution in [-0.4, -0.2) is 63.5 Å². The van der Waals surface area contributed by atoms with E-state index in [9.17, 15) is 4.79 Å². The van der Waals surface area contributed by atoms with Crippen LogP contribution in [0.25, 0.3) is 0 Å². The van der Waals surface area contributed by atoms with E-state index in [-0.39, 0.29) is 17.5 Å². The predicted octanol–water partition coefficient (Wildman–Crippen LogP) is 2.88. The molecule has 3 fully saturated rings. The Hall–Kier alpha value is -1.95. The lowest BCUT2D eigenvalue weighted by Gasteiger charge is -2.36. The van der Waals surface area contributed by atoms with Gasteiger partial charge in [-0.25, -0.2) is 4.79 Å². The summed E-state index contributed by atoms with van der Waals surface area (Å²) in [6.07, 6.45) is 5.31. The van der Waals surface area contributed by atoms with Gasteiger partial charge in [0, 0.05) is 44.2 Å². The first kappa shape index (κ1) is 18.4. The number of piperidine rings is 1. The summed E-state index contributed by atoms with van der Waals surface area (Å²) in [5.74, 6) is 0.914. The van der Waals surface area contributed by atoms with E-state index >= 15 is 0 Å². The number of anilines is 1. The molecule has 0 aliphatic carbocycles. The van der Waals surface area contributed by atoms with Gasteiger partial charge in [0.2, 0.25) is 0 Å². The van der Waals surface area contributed by atoms with Gasteiger partial charge in [-0.3, -0.25) is 0 Å². The van der Waals surface area contributed by atoms with Crippen LogP contribution in [0.4, 0.5) is 10.5 Å². The molecular weight excluding hydrogens is 342 g/mol. The molecule has 1 unspecified atom stereocenters. The Balaban J connectivity index is 1.27. The Morgan fingerprint density at radius 3 is 2.78 bits per heavy atom. The fraction of sp³-hybridized carbons (Fsp3) is 0.667. The molecule has 1 aromatic rings. The molecule has 3 aliphatic heterocycles. The number of nitrogens with zero attached hydrogens (tertiary/aromatic N) is 2. The minimum Gasteiger partial charge on any atom is -0.495 e. The summed E-state index contributed by atoms with van der Waals surface area (Å²) in [5.41, 5.74) is 1.35. The zero-order chi connectivity index (χ0) is 18.7. The molecule has 1 N–H and O–H groups in total. The first-order chi connectivity index (χ1) is 13.2. The highest BCUT2D eigenvalue weighted by Gasteiger charge is 2.41. The van der Waals surface area contributed by atoms with E-state index in [0.29, 0.717) is 0 Å². The molecular formula is C21H31N3O3. The summed E-state index contributed by atoms with van der Waals surface area (Å²) < 4.78 is 11.2. The van der Waals surface area contributed by atoms with Crippen molar-refractivity contribution >= 4 is 11.7 Å². The van der Waals surface area contributed by atoms with Crippen LogP contribution in [-0.2, 0) is 4.74 Å². The van der Waals surface area contributed by atoms with Crippen LogP contribution in [0.1, 0.15) is 32.1 Å². The number of nitrogens with one attached hydrogen (secondary N) is 1. The van der Waals surface area contributed by atoms with Gasteiger partial charge >= 0.3 is 6.03 Å². The van der Waals surface area contributed by atoms with Crippen molar-refractivity contribution in [3.8, 4) is 5.75 Å². The number of carbonyl (C=O) groups excluding carboxylic acids is 1. The third-order valence-corrected chi connectivity index (χ3v) is 6.38. The number of rotatable bonds is 3. The number of benzene rings is 1. The molecule has 3 saturated heterocycles. The molecule has 2 amide bonds. The van der Waals surface area contributed by atoms with Crippen molar-refractivity contribution in [1.29, 1.82) is 0 Å². The predicted molar refractivity (Wildman–Crippen MR) is 105 cm³/mol. The molecule has 27 heavy (non-hydrogen) atoms. The first-order valence-electron chi connectivity index (χ1n) is 10.2. The Morgan fingerprint density at radius 1 is 1.22 bits per heavy atom. The summed E-state index contributed by atoms with van der Waals surface area (Å²) in [7, 11) is 1.71. The third-order valence-electron chi connectivity index (χ3n) is 6.38. The van der Waals surface area contributed by atoms with E-state index in [1.807, 2.05) is 23.1 Å². The second-order valence-electron chi connectivity index (χ2n) is 8.21. The summed E-state index contributed by atoms with van der Waals surface area (Å²) in [6.45, 7) is 5.26. The van der Waals surface area contributed by atoms with Crippen molar-refractivity contribution in [3.05, 3.63) is 24.3 Å². The first-order valence-corrected chi connectivity index (χ1v) is 10.2. The lowest BCUT2D eigenvalue weighted by molar-refractivity contribution is -0.000486. The van der Waals surface area contributed by atoms with Crippen molar-refractivity contribution in [2.75, 3.05) is 51.4 Å². The number of likely N-dealkylation sites (tertiary alicyclic amines) is 1. The Kier molecular flexibility index (Phi) is 5.43. The number of urea groups is 1. The summed E-state index contributed by atoms with van der Waals surface area (Å²) in [5, 5.41) is 3.27. The van der Waals surface area contributed by atoms with Crippen LogP contribution < -0.4 is 15.0 Å². The van der Waals surface area contributed by atoms with Gasteiger partial charge in [-0.15, -0.1) is 0 Å². The molecule has 6 heteroatoms. The Morgan fingerprint density at radius 2 is 2.04 bits per heavy atom. The molecule has 6 nitrogen and oxygen atoms in total. The number of hydrogen-bond donors (Lipinski definition) is 1. The van der Waals surface area contributed by atoms with E-state index in [0.717, 1.165) is 76.5 Å². The highest BCUT2D eigenvalue weighted by atomic mass is 16.5. The number of para-hydroxylation sites is 2. The smallest absolute Gasteiger partial charge is 0.317 e. The molecule has 1 aromatic carbocycles. The van der Waals surface area contributed by atoms with Crippen molar-refractivity contribution in [1.82, 2.24) is 10.2 Å². The van der Waals surface area contributed by atoms with Gasteiger partial charge in [-0.05, 0) is 44.2 Å². The highest BCUT2D eigenvalue weighted by Crippen LogP contribution is 2.38. The van der Waals surface area contributed by atoms with Crippen LogP contribution in [0.3, 0.4) is 0 Å². The molecule has 0 saturated carbocycles. The quantitative estimate of drug-likeness (QED) is 0.885. The molecule has 3 aliphatic rings. The van der Waals surface area contributed by atoms with Crippen molar-refractivity contribution in [3.63, 3.8) is 0 Å². The number of hydrogen-bond acceptors (Lipinski definition) is 4. The third kappa shape index (κ3) is 4.00. The summed E-state index contributed by atoms with van der Waals surface area (Å²) >= 11 is 0. The van der Waals surface area contributed by atoms with Crippen LogP contribution in [0, 0.1) is 5.41 Å². The van der Waals surface area contributed by atoms with E-state index in [4.69, 9.17) is 9.47 Å². The standard InChI is InChI=1S/C21H31N3O3/c1-26-19-6-3-2-5-18(19)23-11-7-17(8-12-23)22-20(25)24-13-10-21(15-24)9-4-14-27-16-21/h2-3,5-6,17H,4,7-16H2,1H3,(H,22,25). The fourth-order valence-corrected chi connectivity index (χ4v) is 4.76. The SMILES string of the molecule is COc1ccccc1N1CCC(NC(=O)N2CCC3(CCCOC3)C2)CC1. The molecule has 0 radical (unpaired) electrons. The lowest BCUT2D eigenvalue weighted by Crippen LogP contribution is -2.49. The molecule has 3 heterocycles. The lowest BCUT2D eigenvalue weighted by atomic mass is 9.82. The second kappa shape index (κ2) is 7.97. The van der Waals surface area contributed by atoms with E-state index in [1.54, 1.807) is 7.11 Å². The van der Waals surface area contributed by atoms with Gasteiger partial charge in [0.1, 0.15) is 5.75 Å². The van der Waals surface area contributed by atoms with Gasteiger partial charge in [0.25, 0.3) is 0 Å². The Bertz CT molecular complexity index is 652. The van der Waals surface area contributed by atoms with E-state index in [1.165, 1.54) is 6.42 Å². The zero-order valence-corrected chi connectivity index (χ0v) is 16.3. The molecule has 1 atom stereocenters. The number of ether oxygens (including phenoxy) is 2. The van der Waals surface area contributed by atoms with Crippen molar-refractivity contribution in [2.45, 2.75) is 38.1 Å². The van der Waals surface area contributed by atoms with Crippen LogP contribution in [0.5, 0.6) is 5.75 Å². The van der Waals surface area contributed by atoms with E-state index in [2.05, 4.69) is 16.3 Å². The number of amides is 2. The molecule has 4 rings (SSSR count). The van der Waals surface area contributed by atoms with Gasteiger partial charge in [0.15, 0.2) is 0 Å². The van der Waals surface area contributed by atoms with Crippen LogP contribution in [0.15, 0.2) is 24.3 Å². The maximum atomic E-state index is 12.7. The summed E-state index contributed by atoms with van der Waals surface area (Å²) in [4.78, 5) is 17.1. The molecule has 148 valence electrons.